The fraction of sp³-hybridized carbons (Fsp3) is 0.464. The van der Waals surface area contributed by atoms with E-state index in [1.165, 1.54) is 27.7 Å². The number of hydrogen-bond donors (Lipinski definition) is 3. The first kappa shape index (κ1) is 26.8. The van der Waals surface area contributed by atoms with Crippen LogP contribution in [-0.2, 0) is 31.3 Å². The molecule has 3 N–H and O–H groups in total. The van der Waals surface area contributed by atoms with Crippen molar-refractivity contribution in [2.45, 2.75) is 65.0 Å². The van der Waals surface area contributed by atoms with Crippen molar-refractivity contribution in [2.75, 3.05) is 22.1 Å². The van der Waals surface area contributed by atoms with Gasteiger partial charge in [0.05, 0.1) is 18.3 Å². The topological polar surface area (TPSA) is 108 Å². The maximum atomic E-state index is 15.5. The van der Waals surface area contributed by atoms with Gasteiger partial charge in [-0.1, -0.05) is 19.1 Å². The van der Waals surface area contributed by atoms with Gasteiger partial charge in [0, 0.05) is 49.2 Å². The molecule has 0 aromatic heterocycles. The third-order valence-corrected chi connectivity index (χ3v) is 7.31. The van der Waals surface area contributed by atoms with E-state index in [4.69, 9.17) is 4.74 Å². The third-order valence-electron chi connectivity index (χ3n) is 7.31. The third kappa shape index (κ3) is 4.85. The summed E-state index contributed by atoms with van der Waals surface area (Å²) in [4.78, 5) is 39.0. The van der Waals surface area contributed by atoms with Gasteiger partial charge < -0.3 is 25.4 Å². The normalized spacial score (nSPS) is 24.9. The summed E-state index contributed by atoms with van der Waals surface area (Å²) in [6.07, 6.45) is -0.471. The summed E-state index contributed by atoms with van der Waals surface area (Å²) in [5.74, 6) is -1.93. The number of carbonyl (C=O) groups is 3. The largest absolute Gasteiger partial charge is 0.396 e. The van der Waals surface area contributed by atoms with E-state index < -0.39 is 29.2 Å². The van der Waals surface area contributed by atoms with Gasteiger partial charge in [-0.15, -0.1) is 0 Å². The second-order valence-electron chi connectivity index (χ2n) is 10.5. The van der Waals surface area contributed by atoms with Crippen LogP contribution in [0.2, 0.25) is 0 Å². The molecule has 0 bridgehead atoms. The van der Waals surface area contributed by atoms with Gasteiger partial charge >= 0.3 is 0 Å². The molecule has 2 aromatic carbocycles. The van der Waals surface area contributed by atoms with Crippen LogP contribution in [0.1, 0.15) is 52.2 Å². The molecule has 2 aromatic rings. The molecule has 0 aliphatic carbocycles. The average molecular weight is 512 g/mol. The summed E-state index contributed by atoms with van der Waals surface area (Å²) < 4.78 is 22.0. The number of nitrogens with one attached hydrogen (secondary N) is 2. The van der Waals surface area contributed by atoms with Crippen molar-refractivity contribution in [1.29, 1.82) is 0 Å². The number of benzene rings is 2. The van der Waals surface area contributed by atoms with Gasteiger partial charge in [-0.2, -0.15) is 0 Å². The van der Waals surface area contributed by atoms with Gasteiger partial charge in [0.1, 0.15) is 5.67 Å². The highest BCUT2D eigenvalue weighted by Crippen LogP contribution is 2.58. The fourth-order valence-electron chi connectivity index (χ4n) is 5.96. The number of carbonyl (C=O) groups excluding carboxylic acids is 3. The van der Waals surface area contributed by atoms with Gasteiger partial charge in [-0.05, 0) is 56.2 Å². The number of hydrogen-bond acceptors (Lipinski definition) is 5. The van der Waals surface area contributed by atoms with E-state index in [0.717, 1.165) is 5.56 Å². The first-order valence-corrected chi connectivity index (χ1v) is 12.5. The molecule has 2 aliphatic heterocycles. The molecule has 9 heteroatoms. The van der Waals surface area contributed by atoms with Crippen LogP contribution in [0.4, 0.5) is 21.5 Å². The Morgan fingerprint density at radius 1 is 1.08 bits per heavy atom. The predicted octanol–water partition coefficient (Wildman–Crippen LogP) is 4.13. The molecular formula is C28H34FN3O5. The van der Waals surface area contributed by atoms with Gasteiger partial charge in [0.15, 0.2) is 5.60 Å². The zero-order chi connectivity index (χ0) is 27.1. The molecule has 2 heterocycles. The maximum absolute atomic E-state index is 15.5. The monoisotopic (exact) mass is 511 g/mol. The van der Waals surface area contributed by atoms with Crippen molar-refractivity contribution < 1.29 is 28.6 Å². The van der Waals surface area contributed by atoms with Gasteiger partial charge in [-0.3, -0.25) is 14.4 Å². The minimum atomic E-state index is -1.66. The maximum Gasteiger partial charge on any atom is 0.264 e. The SMILES string of the molecule is CC(=O)Nc1ccc(CN2C(=O)[C@]3(O[C@H](CCO)[C@@H](C(C)(C)F)[C@@H]3C)c3cc(NC(C)=O)ccc32)cc1. The molecule has 37 heavy (non-hydrogen) atoms. The van der Waals surface area contributed by atoms with Gasteiger partial charge in [-0.25, -0.2) is 4.39 Å². The number of rotatable bonds is 7. The number of aliphatic hydroxyl groups excluding tert-OH is 1. The molecular weight excluding hydrogens is 477 g/mol. The molecule has 8 nitrogen and oxygen atoms in total. The highest BCUT2D eigenvalue weighted by atomic mass is 19.1. The summed E-state index contributed by atoms with van der Waals surface area (Å²) in [7, 11) is 0. The number of ether oxygens (including phenoxy) is 1. The Morgan fingerprint density at radius 3 is 2.24 bits per heavy atom. The Labute approximate surface area is 216 Å². The average Bonchev–Trinajstić information content (AvgIpc) is 3.21. The molecule has 3 amide bonds. The first-order valence-electron chi connectivity index (χ1n) is 12.5. The Hall–Kier alpha value is -3.30. The Balaban J connectivity index is 1.79. The summed E-state index contributed by atoms with van der Waals surface area (Å²) in [5.41, 5.74) is 0.0547. The van der Waals surface area contributed by atoms with E-state index in [2.05, 4.69) is 10.6 Å². The van der Waals surface area contributed by atoms with E-state index >= 15 is 4.39 Å². The second-order valence-corrected chi connectivity index (χ2v) is 10.5. The fourth-order valence-corrected chi connectivity index (χ4v) is 5.96. The van der Waals surface area contributed by atoms with Gasteiger partial charge in [0.25, 0.3) is 5.91 Å². The van der Waals surface area contributed by atoms with E-state index in [0.29, 0.717) is 22.6 Å². The molecule has 1 spiro atoms. The van der Waals surface area contributed by atoms with Crippen molar-refractivity contribution in [2.24, 2.45) is 11.8 Å². The zero-order valence-corrected chi connectivity index (χ0v) is 21.8. The number of fused-ring (bicyclic) bond motifs is 2. The number of halogens is 1. The second kappa shape index (κ2) is 9.87. The van der Waals surface area contributed by atoms with E-state index in [9.17, 15) is 19.5 Å². The first-order chi connectivity index (χ1) is 17.4. The van der Waals surface area contributed by atoms with Crippen LogP contribution in [0, 0.1) is 11.8 Å². The number of amides is 3. The van der Waals surface area contributed by atoms with Crippen LogP contribution < -0.4 is 15.5 Å². The molecule has 1 saturated heterocycles. The minimum Gasteiger partial charge on any atom is -0.396 e. The van der Waals surface area contributed by atoms with Crippen LogP contribution in [0.15, 0.2) is 42.5 Å². The lowest BCUT2D eigenvalue weighted by molar-refractivity contribution is -0.146. The van der Waals surface area contributed by atoms with Crippen LogP contribution in [-0.4, -0.2) is 41.2 Å². The number of aliphatic hydroxyl groups is 1. The Bertz CT molecular complexity index is 1210. The predicted molar refractivity (Wildman–Crippen MR) is 139 cm³/mol. The van der Waals surface area contributed by atoms with Crippen LogP contribution in [0.25, 0.3) is 0 Å². The highest BCUT2D eigenvalue weighted by molar-refractivity contribution is 6.08. The van der Waals surface area contributed by atoms with Crippen molar-refractivity contribution in [1.82, 2.24) is 0 Å². The lowest BCUT2D eigenvalue weighted by atomic mass is 9.71. The molecule has 4 rings (SSSR count). The lowest BCUT2D eigenvalue weighted by Gasteiger charge is -2.32. The van der Waals surface area contributed by atoms with Gasteiger partial charge in [0.2, 0.25) is 11.8 Å². The van der Waals surface area contributed by atoms with E-state index in [1.807, 2.05) is 19.1 Å². The molecule has 0 saturated carbocycles. The van der Waals surface area contributed by atoms with Crippen LogP contribution in [0.3, 0.4) is 0 Å². The van der Waals surface area contributed by atoms with Crippen molar-refractivity contribution >= 4 is 34.8 Å². The van der Waals surface area contributed by atoms with Crippen molar-refractivity contribution in [3.05, 3.63) is 53.6 Å². The number of nitrogens with zero attached hydrogens (tertiary/aromatic N) is 1. The summed E-state index contributed by atoms with van der Waals surface area (Å²) >= 11 is 0. The minimum absolute atomic E-state index is 0.177. The quantitative estimate of drug-likeness (QED) is 0.518. The summed E-state index contributed by atoms with van der Waals surface area (Å²) in [6, 6.07) is 12.4. The molecule has 0 radical (unpaired) electrons. The molecule has 198 valence electrons. The molecule has 2 aliphatic rings. The van der Waals surface area contributed by atoms with Crippen molar-refractivity contribution in [3.8, 4) is 0 Å². The summed E-state index contributed by atoms with van der Waals surface area (Å²) in [5, 5.41) is 15.2. The molecule has 0 unspecified atom stereocenters. The molecule has 4 atom stereocenters. The summed E-state index contributed by atoms with van der Waals surface area (Å²) in [6.45, 7) is 7.64. The molecule has 1 fully saturated rings. The zero-order valence-electron chi connectivity index (χ0n) is 21.8. The smallest absolute Gasteiger partial charge is 0.264 e. The van der Waals surface area contributed by atoms with E-state index in [-0.39, 0.29) is 37.3 Å². The van der Waals surface area contributed by atoms with Crippen LogP contribution in [0.5, 0.6) is 0 Å². The van der Waals surface area contributed by atoms with E-state index in [1.54, 1.807) is 35.2 Å². The Kier molecular flexibility index (Phi) is 7.14. The Morgan fingerprint density at radius 2 is 1.68 bits per heavy atom. The lowest BCUT2D eigenvalue weighted by Crippen LogP contribution is -2.45. The van der Waals surface area contributed by atoms with Crippen molar-refractivity contribution in [3.63, 3.8) is 0 Å². The standard InChI is InChI=1S/C28H34FN3O5/c1-16-25(27(4,5)29)24(12-13-33)37-28(16)22-14-21(31-18(3)35)10-11-23(22)32(26(28)36)15-19-6-8-20(9-7-19)30-17(2)34/h6-11,14,16,24-25,33H,12-13,15H2,1-5H3,(H,30,34)(H,31,35)/t16-,24+,25-,28+/m0/s1. The number of anilines is 3. The van der Waals surface area contributed by atoms with Crippen LogP contribution >= 0.6 is 0 Å². The highest BCUT2D eigenvalue weighted by Gasteiger charge is 2.66. The number of alkyl halides is 1.